The van der Waals surface area contributed by atoms with Crippen LogP contribution in [0.15, 0.2) is 73.2 Å². The molecule has 3 nitrogen and oxygen atoms in total. The van der Waals surface area contributed by atoms with Gasteiger partial charge in [-0.1, -0.05) is 30.3 Å². The summed E-state index contributed by atoms with van der Waals surface area (Å²) >= 11 is 0. The number of rotatable bonds is 4. The van der Waals surface area contributed by atoms with Gasteiger partial charge in [0.1, 0.15) is 0 Å². The Hall–Kier alpha value is -3.34. The molecule has 2 aromatic carbocycles. The molecule has 0 radical (unpaired) electrons. The molecule has 0 saturated heterocycles. The zero-order chi connectivity index (χ0) is 17.9. The van der Waals surface area contributed by atoms with Crippen LogP contribution in [0.3, 0.4) is 0 Å². The molecule has 0 aliphatic heterocycles. The minimum Gasteiger partial charge on any atom is -0.380 e. The van der Waals surface area contributed by atoms with Gasteiger partial charge in [0.2, 0.25) is 0 Å². The molecule has 0 amide bonds. The summed E-state index contributed by atoms with van der Waals surface area (Å²) in [5, 5.41) is 4.25. The number of benzene rings is 2. The van der Waals surface area contributed by atoms with E-state index in [9.17, 15) is 8.78 Å². The molecule has 4 aromatic rings. The fourth-order valence-corrected chi connectivity index (χ4v) is 2.87. The molecule has 0 aliphatic carbocycles. The molecule has 128 valence electrons. The van der Waals surface area contributed by atoms with Crippen molar-refractivity contribution >= 4 is 16.6 Å². The second-order valence-corrected chi connectivity index (χ2v) is 5.95. The first-order valence-electron chi connectivity index (χ1n) is 8.18. The van der Waals surface area contributed by atoms with Crippen LogP contribution in [0.2, 0.25) is 0 Å². The zero-order valence-electron chi connectivity index (χ0n) is 13.8. The molecule has 26 heavy (non-hydrogen) atoms. The molecule has 5 heteroatoms. The standard InChI is InChI=1S/C21H15F2N3/c22-19-7-6-14(9-20(19)23)11-26-17-10-16(12-24-13-17)18-5-1-3-15-4-2-8-25-21(15)18/h1-10,12-13,26H,11H2. The minimum atomic E-state index is -0.849. The summed E-state index contributed by atoms with van der Waals surface area (Å²) in [6.45, 7) is 0.371. The number of halogens is 2. The molecule has 0 bridgehead atoms. The van der Waals surface area contributed by atoms with Crippen LogP contribution in [0.5, 0.6) is 0 Å². The first kappa shape index (κ1) is 16.1. The van der Waals surface area contributed by atoms with Gasteiger partial charge in [-0.3, -0.25) is 9.97 Å². The van der Waals surface area contributed by atoms with E-state index in [2.05, 4.69) is 15.3 Å². The molecular formula is C21H15F2N3. The molecular weight excluding hydrogens is 332 g/mol. The van der Waals surface area contributed by atoms with Crippen LogP contribution in [0, 0.1) is 11.6 Å². The van der Waals surface area contributed by atoms with Crippen LogP contribution in [0.4, 0.5) is 14.5 Å². The van der Waals surface area contributed by atoms with Crippen molar-refractivity contribution in [3.8, 4) is 11.1 Å². The van der Waals surface area contributed by atoms with Crippen molar-refractivity contribution in [1.29, 1.82) is 0 Å². The van der Waals surface area contributed by atoms with Crippen molar-refractivity contribution in [3.63, 3.8) is 0 Å². The third-order valence-electron chi connectivity index (χ3n) is 4.16. The number of aromatic nitrogens is 2. The first-order chi connectivity index (χ1) is 12.7. The molecule has 0 atom stereocenters. The van der Waals surface area contributed by atoms with Crippen molar-refractivity contribution in [3.05, 3.63) is 90.4 Å². The van der Waals surface area contributed by atoms with Crippen LogP contribution in [0.25, 0.3) is 22.0 Å². The molecule has 0 spiro atoms. The largest absolute Gasteiger partial charge is 0.380 e. The van der Waals surface area contributed by atoms with E-state index in [1.165, 1.54) is 6.07 Å². The second-order valence-electron chi connectivity index (χ2n) is 5.95. The van der Waals surface area contributed by atoms with Crippen molar-refractivity contribution in [2.45, 2.75) is 6.54 Å². The highest BCUT2D eigenvalue weighted by Crippen LogP contribution is 2.28. The van der Waals surface area contributed by atoms with Gasteiger partial charge in [0, 0.05) is 41.6 Å². The summed E-state index contributed by atoms with van der Waals surface area (Å²) in [4.78, 5) is 8.76. The average Bonchev–Trinajstić information content (AvgIpc) is 2.69. The van der Waals surface area contributed by atoms with E-state index in [1.807, 2.05) is 36.4 Å². The lowest BCUT2D eigenvalue weighted by atomic mass is 10.0. The number of nitrogens with zero attached hydrogens (tertiary/aromatic N) is 2. The maximum atomic E-state index is 13.3. The number of pyridine rings is 2. The Balaban J connectivity index is 1.61. The highest BCUT2D eigenvalue weighted by Gasteiger charge is 2.07. The number of fused-ring (bicyclic) bond motifs is 1. The van der Waals surface area contributed by atoms with Gasteiger partial charge in [0.25, 0.3) is 0 Å². The predicted octanol–water partition coefficient (Wildman–Crippen LogP) is 5.19. The van der Waals surface area contributed by atoms with Gasteiger partial charge >= 0.3 is 0 Å². The SMILES string of the molecule is Fc1ccc(CNc2cncc(-c3cccc4cccnc34)c2)cc1F. The van der Waals surface area contributed by atoms with E-state index in [4.69, 9.17) is 0 Å². The number of hydrogen-bond donors (Lipinski definition) is 1. The number of para-hydroxylation sites is 1. The molecule has 0 aliphatic rings. The third-order valence-corrected chi connectivity index (χ3v) is 4.16. The topological polar surface area (TPSA) is 37.8 Å². The van der Waals surface area contributed by atoms with E-state index in [0.29, 0.717) is 12.1 Å². The molecule has 2 heterocycles. The summed E-state index contributed by atoms with van der Waals surface area (Å²) in [6.07, 6.45) is 5.25. The minimum absolute atomic E-state index is 0.371. The molecule has 4 rings (SSSR count). The maximum absolute atomic E-state index is 13.3. The summed E-state index contributed by atoms with van der Waals surface area (Å²) < 4.78 is 26.3. The lowest BCUT2D eigenvalue weighted by Gasteiger charge is -2.10. The summed E-state index contributed by atoms with van der Waals surface area (Å²) in [6, 6.07) is 15.8. The van der Waals surface area contributed by atoms with Crippen LogP contribution >= 0.6 is 0 Å². The number of hydrogen-bond acceptors (Lipinski definition) is 3. The molecule has 2 aromatic heterocycles. The highest BCUT2D eigenvalue weighted by molar-refractivity contribution is 5.93. The van der Waals surface area contributed by atoms with Gasteiger partial charge in [-0.15, -0.1) is 0 Å². The van der Waals surface area contributed by atoms with E-state index < -0.39 is 11.6 Å². The van der Waals surface area contributed by atoms with Gasteiger partial charge in [0.15, 0.2) is 11.6 Å². The Kier molecular flexibility index (Phi) is 4.27. The van der Waals surface area contributed by atoms with Gasteiger partial charge in [-0.25, -0.2) is 8.78 Å². The highest BCUT2D eigenvalue weighted by atomic mass is 19.2. The molecule has 1 N–H and O–H groups in total. The van der Waals surface area contributed by atoms with Gasteiger partial charge in [0.05, 0.1) is 11.2 Å². The lowest BCUT2D eigenvalue weighted by molar-refractivity contribution is 0.507. The predicted molar refractivity (Wildman–Crippen MR) is 98.7 cm³/mol. The Morgan fingerprint density at radius 1 is 0.885 bits per heavy atom. The molecule has 0 fully saturated rings. The van der Waals surface area contributed by atoms with E-state index in [1.54, 1.807) is 24.7 Å². The fourth-order valence-electron chi connectivity index (χ4n) is 2.87. The van der Waals surface area contributed by atoms with Crippen LogP contribution in [-0.2, 0) is 6.54 Å². The maximum Gasteiger partial charge on any atom is 0.159 e. The monoisotopic (exact) mass is 347 g/mol. The van der Waals surface area contributed by atoms with E-state index in [-0.39, 0.29) is 0 Å². The quantitative estimate of drug-likeness (QED) is 0.552. The van der Waals surface area contributed by atoms with E-state index in [0.717, 1.165) is 33.8 Å². The smallest absolute Gasteiger partial charge is 0.159 e. The fraction of sp³-hybridized carbons (Fsp3) is 0.0476. The van der Waals surface area contributed by atoms with Crippen molar-refractivity contribution in [1.82, 2.24) is 9.97 Å². The van der Waals surface area contributed by atoms with Gasteiger partial charge in [-0.05, 0) is 29.8 Å². The Labute approximate surface area is 149 Å². The normalized spacial score (nSPS) is 10.8. The van der Waals surface area contributed by atoms with E-state index >= 15 is 0 Å². The Morgan fingerprint density at radius 2 is 1.77 bits per heavy atom. The average molecular weight is 347 g/mol. The first-order valence-corrected chi connectivity index (χ1v) is 8.18. The summed E-state index contributed by atoms with van der Waals surface area (Å²) in [5.41, 5.74) is 4.28. The van der Waals surface area contributed by atoms with Crippen LogP contribution < -0.4 is 5.32 Å². The molecule has 0 saturated carbocycles. The summed E-state index contributed by atoms with van der Waals surface area (Å²) in [5.74, 6) is -1.70. The van der Waals surface area contributed by atoms with Gasteiger partial charge in [-0.2, -0.15) is 0 Å². The zero-order valence-corrected chi connectivity index (χ0v) is 13.8. The molecule has 0 unspecified atom stereocenters. The Morgan fingerprint density at radius 3 is 2.65 bits per heavy atom. The van der Waals surface area contributed by atoms with Crippen LogP contribution in [0.1, 0.15) is 5.56 Å². The van der Waals surface area contributed by atoms with Crippen LogP contribution in [-0.4, -0.2) is 9.97 Å². The van der Waals surface area contributed by atoms with Crippen molar-refractivity contribution in [2.24, 2.45) is 0 Å². The van der Waals surface area contributed by atoms with Crippen molar-refractivity contribution < 1.29 is 8.78 Å². The second kappa shape index (κ2) is 6.88. The Bertz CT molecular complexity index is 1070. The third kappa shape index (κ3) is 3.24. The summed E-state index contributed by atoms with van der Waals surface area (Å²) in [7, 11) is 0. The number of nitrogens with one attached hydrogen (secondary N) is 1. The number of anilines is 1. The van der Waals surface area contributed by atoms with Crippen molar-refractivity contribution in [2.75, 3.05) is 5.32 Å². The lowest BCUT2D eigenvalue weighted by Crippen LogP contribution is -2.01. The van der Waals surface area contributed by atoms with Gasteiger partial charge < -0.3 is 5.32 Å².